The fourth-order valence-electron chi connectivity index (χ4n) is 4.07. The van der Waals surface area contributed by atoms with Gasteiger partial charge in [0.1, 0.15) is 11.4 Å². The highest BCUT2D eigenvalue weighted by Gasteiger charge is 2.47. The molecular formula is C19H26N2O3. The van der Waals surface area contributed by atoms with E-state index >= 15 is 0 Å². The maximum atomic E-state index is 12.6. The molecule has 0 aromatic heterocycles. The molecule has 0 radical (unpaired) electrons. The first-order valence-electron chi connectivity index (χ1n) is 9.01. The van der Waals surface area contributed by atoms with Crippen LogP contribution in [0.2, 0.25) is 0 Å². The van der Waals surface area contributed by atoms with Gasteiger partial charge in [-0.25, -0.2) is 4.79 Å². The van der Waals surface area contributed by atoms with Crippen LogP contribution < -0.4 is 15.4 Å². The number of urea groups is 1. The molecule has 5 heteroatoms. The van der Waals surface area contributed by atoms with Crippen molar-refractivity contribution in [3.63, 3.8) is 0 Å². The quantitative estimate of drug-likeness (QED) is 0.795. The standard InChI is InChI=1S/C19H26N2O3/c1-18(12-22,13-7-8-13)21-17(23)20-15-11-19(9-4-10-19)24-16-6-3-2-5-14(15)16/h2-3,5-6,13,15,22H,4,7-12H2,1H3,(H2,20,21,23)/t15-,18+/m0/s1. The average Bonchev–Trinajstić information content (AvgIpc) is 3.38. The van der Waals surface area contributed by atoms with Gasteiger partial charge in [-0.15, -0.1) is 0 Å². The number of hydrogen-bond donors (Lipinski definition) is 3. The van der Waals surface area contributed by atoms with Crippen LogP contribution in [-0.2, 0) is 0 Å². The van der Waals surface area contributed by atoms with Crippen LogP contribution in [0.15, 0.2) is 24.3 Å². The predicted molar refractivity (Wildman–Crippen MR) is 90.9 cm³/mol. The Morgan fingerprint density at radius 2 is 2.12 bits per heavy atom. The van der Waals surface area contributed by atoms with E-state index in [2.05, 4.69) is 10.6 Å². The molecule has 130 valence electrons. The lowest BCUT2D eigenvalue weighted by molar-refractivity contribution is -0.0356. The number of ether oxygens (including phenoxy) is 1. The van der Waals surface area contributed by atoms with Gasteiger partial charge in [0.2, 0.25) is 0 Å². The van der Waals surface area contributed by atoms with E-state index in [9.17, 15) is 9.90 Å². The smallest absolute Gasteiger partial charge is 0.315 e. The summed E-state index contributed by atoms with van der Waals surface area (Å²) in [5.41, 5.74) is 0.411. The van der Waals surface area contributed by atoms with Crippen LogP contribution in [0.3, 0.4) is 0 Å². The van der Waals surface area contributed by atoms with Gasteiger partial charge in [0, 0.05) is 12.0 Å². The van der Waals surface area contributed by atoms with Gasteiger partial charge in [0.05, 0.1) is 18.2 Å². The number of fused-ring (bicyclic) bond motifs is 1. The molecule has 1 aromatic carbocycles. The summed E-state index contributed by atoms with van der Waals surface area (Å²) in [4.78, 5) is 12.6. The summed E-state index contributed by atoms with van der Waals surface area (Å²) in [6.45, 7) is 1.90. The second kappa shape index (κ2) is 5.66. The maximum absolute atomic E-state index is 12.6. The molecule has 1 aliphatic heterocycles. The largest absolute Gasteiger partial charge is 0.487 e. The van der Waals surface area contributed by atoms with Gasteiger partial charge in [0.25, 0.3) is 0 Å². The second-order valence-electron chi connectivity index (χ2n) is 7.88. The molecule has 3 aliphatic rings. The van der Waals surface area contributed by atoms with E-state index in [-0.39, 0.29) is 24.3 Å². The molecule has 2 saturated carbocycles. The van der Waals surface area contributed by atoms with E-state index in [0.29, 0.717) is 5.92 Å². The highest BCUT2D eigenvalue weighted by atomic mass is 16.5. The monoisotopic (exact) mass is 330 g/mol. The predicted octanol–water partition coefficient (Wildman–Crippen LogP) is 2.89. The van der Waals surface area contributed by atoms with Crippen LogP contribution in [-0.4, -0.2) is 28.9 Å². The van der Waals surface area contributed by atoms with Crippen molar-refractivity contribution in [1.82, 2.24) is 10.6 Å². The van der Waals surface area contributed by atoms with Crippen molar-refractivity contribution in [3.05, 3.63) is 29.8 Å². The average molecular weight is 330 g/mol. The highest BCUT2D eigenvalue weighted by molar-refractivity contribution is 5.75. The number of aliphatic hydroxyl groups excluding tert-OH is 1. The minimum absolute atomic E-state index is 0.0284. The number of rotatable bonds is 4. The van der Waals surface area contributed by atoms with Crippen LogP contribution in [0.4, 0.5) is 4.79 Å². The van der Waals surface area contributed by atoms with Crippen LogP contribution in [0.5, 0.6) is 5.75 Å². The fraction of sp³-hybridized carbons (Fsp3) is 0.632. The fourth-order valence-corrected chi connectivity index (χ4v) is 4.07. The summed E-state index contributed by atoms with van der Waals surface area (Å²) < 4.78 is 6.23. The highest BCUT2D eigenvalue weighted by Crippen LogP contribution is 2.48. The van der Waals surface area contributed by atoms with Crippen LogP contribution in [0.25, 0.3) is 0 Å². The molecular weight excluding hydrogens is 304 g/mol. The lowest BCUT2D eigenvalue weighted by Crippen LogP contribution is -2.56. The number of amides is 2. The van der Waals surface area contributed by atoms with Gasteiger partial charge in [-0.1, -0.05) is 18.2 Å². The van der Waals surface area contributed by atoms with E-state index in [1.807, 2.05) is 31.2 Å². The Balaban J connectivity index is 1.49. The molecule has 5 nitrogen and oxygen atoms in total. The number of carbonyl (C=O) groups excluding carboxylic acids is 1. The summed E-state index contributed by atoms with van der Waals surface area (Å²) in [5.74, 6) is 1.27. The summed E-state index contributed by atoms with van der Waals surface area (Å²) in [5, 5.41) is 15.8. The van der Waals surface area contributed by atoms with Crippen LogP contribution in [0.1, 0.15) is 57.1 Å². The molecule has 1 spiro atoms. The molecule has 0 saturated heterocycles. The normalized spacial score (nSPS) is 26.5. The third kappa shape index (κ3) is 2.75. The number of aliphatic hydroxyl groups is 1. The molecule has 2 fully saturated rings. The zero-order valence-corrected chi connectivity index (χ0v) is 14.2. The molecule has 0 bridgehead atoms. The zero-order chi connectivity index (χ0) is 16.8. The van der Waals surface area contributed by atoms with Gasteiger partial charge < -0.3 is 20.5 Å². The minimum Gasteiger partial charge on any atom is -0.487 e. The van der Waals surface area contributed by atoms with E-state index < -0.39 is 5.54 Å². The summed E-state index contributed by atoms with van der Waals surface area (Å²) in [6.07, 6.45) is 6.25. The number of carbonyl (C=O) groups is 1. The van der Waals surface area contributed by atoms with Gasteiger partial charge in [-0.2, -0.15) is 0 Å². The van der Waals surface area contributed by atoms with Gasteiger partial charge in [-0.3, -0.25) is 0 Å². The zero-order valence-electron chi connectivity index (χ0n) is 14.2. The lowest BCUT2D eigenvalue weighted by Gasteiger charge is -2.48. The van der Waals surface area contributed by atoms with Gasteiger partial charge in [-0.05, 0) is 51.0 Å². The first-order valence-corrected chi connectivity index (χ1v) is 9.01. The number of benzene rings is 1. The molecule has 1 heterocycles. The lowest BCUT2D eigenvalue weighted by atomic mass is 9.73. The SMILES string of the molecule is C[C@](CO)(NC(=O)N[C@H]1CC2(CCC2)Oc2ccccc21)C1CC1. The Morgan fingerprint density at radius 1 is 1.38 bits per heavy atom. The van der Waals surface area contributed by atoms with Crippen LogP contribution in [0, 0.1) is 5.92 Å². The third-order valence-electron chi connectivity index (χ3n) is 5.97. The Bertz CT molecular complexity index is 639. The number of para-hydroxylation sites is 1. The van der Waals surface area contributed by atoms with Crippen molar-refractivity contribution in [2.45, 2.75) is 62.6 Å². The molecule has 2 aliphatic carbocycles. The molecule has 2 amide bonds. The van der Waals surface area contributed by atoms with E-state index in [0.717, 1.165) is 43.4 Å². The Kier molecular flexibility index (Phi) is 3.71. The van der Waals surface area contributed by atoms with Crippen molar-refractivity contribution in [2.75, 3.05) is 6.61 Å². The first-order chi connectivity index (χ1) is 11.5. The summed E-state index contributed by atoms with van der Waals surface area (Å²) >= 11 is 0. The Hall–Kier alpha value is -1.75. The minimum atomic E-state index is -0.525. The molecule has 2 atom stereocenters. The molecule has 0 unspecified atom stereocenters. The van der Waals surface area contributed by atoms with Gasteiger partial charge in [0.15, 0.2) is 0 Å². The second-order valence-corrected chi connectivity index (χ2v) is 7.88. The third-order valence-corrected chi connectivity index (χ3v) is 5.97. The van der Waals surface area contributed by atoms with Crippen molar-refractivity contribution in [3.8, 4) is 5.75 Å². The van der Waals surface area contributed by atoms with Gasteiger partial charge >= 0.3 is 6.03 Å². The number of hydrogen-bond acceptors (Lipinski definition) is 3. The number of nitrogens with one attached hydrogen (secondary N) is 2. The molecule has 4 rings (SSSR count). The topological polar surface area (TPSA) is 70.6 Å². The Labute approximate surface area is 142 Å². The van der Waals surface area contributed by atoms with E-state index in [4.69, 9.17) is 4.74 Å². The molecule has 3 N–H and O–H groups in total. The van der Waals surface area contributed by atoms with Crippen molar-refractivity contribution in [1.29, 1.82) is 0 Å². The first kappa shape index (κ1) is 15.8. The van der Waals surface area contributed by atoms with Crippen LogP contribution >= 0.6 is 0 Å². The van der Waals surface area contributed by atoms with Crippen molar-refractivity contribution < 1.29 is 14.6 Å². The summed E-state index contributed by atoms with van der Waals surface area (Å²) in [6, 6.07) is 7.73. The maximum Gasteiger partial charge on any atom is 0.315 e. The van der Waals surface area contributed by atoms with Crippen molar-refractivity contribution >= 4 is 6.03 Å². The van der Waals surface area contributed by atoms with Crippen molar-refractivity contribution in [2.24, 2.45) is 5.92 Å². The van der Waals surface area contributed by atoms with E-state index in [1.165, 1.54) is 6.42 Å². The molecule has 24 heavy (non-hydrogen) atoms. The molecule has 1 aromatic rings. The van der Waals surface area contributed by atoms with E-state index in [1.54, 1.807) is 0 Å². The summed E-state index contributed by atoms with van der Waals surface area (Å²) in [7, 11) is 0. The Morgan fingerprint density at radius 3 is 2.75 bits per heavy atom.